The van der Waals surface area contributed by atoms with Gasteiger partial charge < -0.3 is 4.90 Å². The molecule has 0 bridgehead atoms. The highest BCUT2D eigenvalue weighted by molar-refractivity contribution is 5.90. The zero-order chi connectivity index (χ0) is 11.4. The molecule has 0 aromatic heterocycles. The lowest BCUT2D eigenvalue weighted by Crippen LogP contribution is -2.41. The summed E-state index contributed by atoms with van der Waals surface area (Å²) >= 11 is 0. The van der Waals surface area contributed by atoms with Crippen molar-refractivity contribution in [2.75, 3.05) is 7.05 Å². The predicted octanol–water partition coefficient (Wildman–Crippen LogP) is 1.70. The maximum absolute atomic E-state index is 11.5. The topological polar surface area (TPSA) is 37.4 Å². The van der Waals surface area contributed by atoms with Crippen molar-refractivity contribution < 1.29 is 9.59 Å². The molecule has 0 spiro atoms. The molecule has 1 atom stereocenters. The molecule has 15 heavy (non-hydrogen) atoms. The van der Waals surface area contributed by atoms with Crippen molar-refractivity contribution in [3.05, 3.63) is 23.8 Å². The van der Waals surface area contributed by atoms with E-state index in [0.717, 1.165) is 18.4 Å². The highest BCUT2D eigenvalue weighted by Gasteiger charge is 2.24. The van der Waals surface area contributed by atoms with Gasteiger partial charge in [-0.3, -0.25) is 9.59 Å². The highest BCUT2D eigenvalue weighted by atomic mass is 16.2. The van der Waals surface area contributed by atoms with Gasteiger partial charge in [-0.1, -0.05) is 18.2 Å². The minimum absolute atomic E-state index is 0.00509. The molecule has 1 unspecified atom stereocenters. The average molecular weight is 207 g/mol. The van der Waals surface area contributed by atoms with Gasteiger partial charge in [-0.2, -0.15) is 0 Å². The molecule has 0 saturated heterocycles. The SMILES string of the molecule is CC(=O)C(C1=CCCC=C1)N(C)C(C)=O. The summed E-state index contributed by atoms with van der Waals surface area (Å²) < 4.78 is 0. The summed E-state index contributed by atoms with van der Waals surface area (Å²) in [5, 5.41) is 0. The average Bonchev–Trinajstić information content (AvgIpc) is 2.18. The molecule has 1 aliphatic rings. The Labute approximate surface area is 90.5 Å². The number of hydrogen-bond donors (Lipinski definition) is 0. The Morgan fingerprint density at radius 1 is 1.33 bits per heavy atom. The monoisotopic (exact) mass is 207 g/mol. The van der Waals surface area contributed by atoms with E-state index in [1.54, 1.807) is 7.05 Å². The van der Waals surface area contributed by atoms with Crippen molar-refractivity contribution in [1.82, 2.24) is 4.90 Å². The van der Waals surface area contributed by atoms with Gasteiger partial charge in [0.05, 0.1) is 0 Å². The van der Waals surface area contributed by atoms with Gasteiger partial charge in [0.2, 0.25) is 5.91 Å². The number of Topliss-reactive ketones (excluding diaryl/α,β-unsaturated/α-hetero) is 1. The van der Waals surface area contributed by atoms with Crippen LogP contribution in [0.5, 0.6) is 0 Å². The second kappa shape index (κ2) is 4.91. The van der Waals surface area contributed by atoms with E-state index >= 15 is 0 Å². The van der Waals surface area contributed by atoms with Crippen LogP contribution in [0.1, 0.15) is 26.7 Å². The fraction of sp³-hybridized carbons (Fsp3) is 0.500. The molecule has 0 radical (unpaired) electrons. The number of hydrogen-bond acceptors (Lipinski definition) is 2. The summed E-state index contributed by atoms with van der Waals surface area (Å²) in [7, 11) is 1.66. The van der Waals surface area contributed by atoms with Crippen molar-refractivity contribution in [1.29, 1.82) is 0 Å². The molecule has 3 heteroatoms. The van der Waals surface area contributed by atoms with E-state index in [1.807, 2.05) is 18.2 Å². The van der Waals surface area contributed by atoms with Crippen LogP contribution >= 0.6 is 0 Å². The van der Waals surface area contributed by atoms with Gasteiger partial charge >= 0.3 is 0 Å². The summed E-state index contributed by atoms with van der Waals surface area (Å²) in [5.74, 6) is -0.0828. The second-order valence-electron chi connectivity index (χ2n) is 3.83. The van der Waals surface area contributed by atoms with Gasteiger partial charge in [-0.25, -0.2) is 0 Å². The van der Waals surface area contributed by atoms with Gasteiger partial charge in [-0.05, 0) is 25.3 Å². The summed E-state index contributed by atoms with van der Waals surface area (Å²) in [6, 6.07) is -0.418. The first-order chi connectivity index (χ1) is 7.04. The van der Waals surface area contributed by atoms with Crippen LogP contribution in [0.25, 0.3) is 0 Å². The maximum atomic E-state index is 11.5. The van der Waals surface area contributed by atoms with Crippen LogP contribution in [0.15, 0.2) is 23.8 Å². The molecule has 0 N–H and O–H groups in total. The van der Waals surface area contributed by atoms with Crippen LogP contribution in [-0.4, -0.2) is 29.7 Å². The Bertz CT molecular complexity index is 329. The zero-order valence-corrected chi connectivity index (χ0v) is 9.49. The summed E-state index contributed by atoms with van der Waals surface area (Å²) in [5.41, 5.74) is 0.937. The minimum Gasteiger partial charge on any atom is -0.332 e. The fourth-order valence-electron chi connectivity index (χ4n) is 1.75. The van der Waals surface area contributed by atoms with Gasteiger partial charge in [0.15, 0.2) is 5.78 Å². The first kappa shape index (κ1) is 11.7. The van der Waals surface area contributed by atoms with Crippen LogP contribution in [0.3, 0.4) is 0 Å². The van der Waals surface area contributed by atoms with E-state index in [0.29, 0.717) is 0 Å². The first-order valence-corrected chi connectivity index (χ1v) is 5.14. The quantitative estimate of drug-likeness (QED) is 0.706. The Morgan fingerprint density at radius 2 is 2.00 bits per heavy atom. The minimum atomic E-state index is -0.418. The molecule has 3 nitrogen and oxygen atoms in total. The molecule has 0 aromatic carbocycles. The Hall–Kier alpha value is -1.38. The molecule has 0 heterocycles. The first-order valence-electron chi connectivity index (χ1n) is 5.14. The van der Waals surface area contributed by atoms with Crippen LogP contribution in [0.4, 0.5) is 0 Å². The lowest BCUT2D eigenvalue weighted by atomic mass is 9.96. The van der Waals surface area contributed by atoms with Gasteiger partial charge in [0.1, 0.15) is 6.04 Å². The van der Waals surface area contributed by atoms with E-state index in [4.69, 9.17) is 0 Å². The van der Waals surface area contributed by atoms with Crippen molar-refractivity contribution in [2.24, 2.45) is 0 Å². The van der Waals surface area contributed by atoms with Crippen molar-refractivity contribution in [3.63, 3.8) is 0 Å². The summed E-state index contributed by atoms with van der Waals surface area (Å²) in [4.78, 5) is 24.3. The number of allylic oxidation sites excluding steroid dienone is 2. The van der Waals surface area contributed by atoms with E-state index in [2.05, 4.69) is 0 Å². The lowest BCUT2D eigenvalue weighted by molar-refractivity contribution is -0.134. The van der Waals surface area contributed by atoms with E-state index in [9.17, 15) is 9.59 Å². The smallest absolute Gasteiger partial charge is 0.220 e. The molecule has 0 aliphatic heterocycles. The number of ketones is 1. The summed E-state index contributed by atoms with van der Waals surface area (Å²) in [6.07, 6.45) is 7.97. The number of carbonyl (C=O) groups excluding carboxylic acids is 2. The van der Waals surface area contributed by atoms with Gasteiger partial charge in [0.25, 0.3) is 0 Å². The van der Waals surface area contributed by atoms with Crippen LogP contribution < -0.4 is 0 Å². The highest BCUT2D eigenvalue weighted by Crippen LogP contribution is 2.18. The van der Waals surface area contributed by atoms with Crippen molar-refractivity contribution >= 4 is 11.7 Å². The number of rotatable bonds is 3. The van der Waals surface area contributed by atoms with E-state index in [1.165, 1.54) is 18.7 Å². The number of nitrogens with zero attached hydrogens (tertiary/aromatic N) is 1. The third-order valence-electron chi connectivity index (χ3n) is 2.61. The number of likely N-dealkylation sites (N-methyl/N-ethyl adjacent to an activating group) is 1. The Kier molecular flexibility index (Phi) is 3.83. The summed E-state index contributed by atoms with van der Waals surface area (Å²) in [6.45, 7) is 3.00. The molecule has 0 saturated carbocycles. The molecule has 1 aliphatic carbocycles. The zero-order valence-electron chi connectivity index (χ0n) is 9.49. The third kappa shape index (κ3) is 2.78. The molecule has 1 amide bonds. The standard InChI is InChI=1S/C12H17NO2/c1-9(14)12(13(3)10(2)15)11-7-5-4-6-8-11/h5,7-8,12H,4,6H2,1-3H3. The molecule has 0 aromatic rings. The van der Waals surface area contributed by atoms with Gasteiger partial charge in [-0.15, -0.1) is 0 Å². The molecule has 1 rings (SSSR count). The van der Waals surface area contributed by atoms with E-state index < -0.39 is 6.04 Å². The van der Waals surface area contributed by atoms with Crippen molar-refractivity contribution in [2.45, 2.75) is 32.7 Å². The lowest BCUT2D eigenvalue weighted by Gasteiger charge is -2.27. The van der Waals surface area contributed by atoms with Gasteiger partial charge in [0, 0.05) is 14.0 Å². The van der Waals surface area contributed by atoms with Crippen LogP contribution in [0, 0.1) is 0 Å². The Balaban J connectivity index is 2.92. The molecular formula is C12H17NO2. The predicted molar refractivity (Wildman–Crippen MR) is 59.4 cm³/mol. The normalized spacial score (nSPS) is 16.9. The van der Waals surface area contributed by atoms with E-state index in [-0.39, 0.29) is 11.7 Å². The maximum Gasteiger partial charge on any atom is 0.220 e. The third-order valence-corrected chi connectivity index (χ3v) is 2.61. The number of amides is 1. The van der Waals surface area contributed by atoms with Crippen molar-refractivity contribution in [3.8, 4) is 0 Å². The van der Waals surface area contributed by atoms with Crippen LogP contribution in [0.2, 0.25) is 0 Å². The van der Waals surface area contributed by atoms with Crippen LogP contribution in [-0.2, 0) is 9.59 Å². The molecule has 82 valence electrons. The largest absolute Gasteiger partial charge is 0.332 e. The molecular weight excluding hydrogens is 190 g/mol. The second-order valence-corrected chi connectivity index (χ2v) is 3.83. The molecule has 0 fully saturated rings. The number of carbonyl (C=O) groups is 2. The fourth-order valence-corrected chi connectivity index (χ4v) is 1.75. The Morgan fingerprint density at radius 3 is 2.40 bits per heavy atom.